The second kappa shape index (κ2) is 19.2. The van der Waals surface area contributed by atoms with Gasteiger partial charge in [0.25, 0.3) is 0 Å². The summed E-state index contributed by atoms with van der Waals surface area (Å²) in [5, 5.41) is 16.7. The first-order valence-corrected chi connectivity index (χ1v) is 14.5. The van der Waals surface area contributed by atoms with Gasteiger partial charge >= 0.3 is 19.5 Å². The summed E-state index contributed by atoms with van der Waals surface area (Å²) in [6.45, 7) is 16.2. The molecule has 6 rings (SSSR count). The number of hydrogen-bond donors (Lipinski definition) is 2. The number of nitrogens with one attached hydrogen (secondary N) is 2. The maximum absolute atomic E-state index is 7.88. The molecule has 2 aliphatic heterocycles. The SMILES string of the molecule is CCN(CC)c1ccc2nc3cc(C)c(=N)cc-3oc2c1.CCN(CC)c1ccc2nc3cc(C)c(=N)cc-3oc2c1.Cl.Cl.[Cl-].[Cl-].[Zn+2]. The quantitative estimate of drug-likeness (QED) is 0.199. The molecule has 0 amide bonds. The van der Waals surface area contributed by atoms with Gasteiger partial charge in [-0.1, -0.05) is 0 Å². The number of rotatable bonds is 6. The van der Waals surface area contributed by atoms with Crippen molar-refractivity contribution in [1.29, 1.82) is 10.8 Å². The zero-order valence-electron chi connectivity index (χ0n) is 27.5. The van der Waals surface area contributed by atoms with Gasteiger partial charge in [0, 0.05) is 61.8 Å². The van der Waals surface area contributed by atoms with Crippen molar-refractivity contribution in [1.82, 2.24) is 9.97 Å². The van der Waals surface area contributed by atoms with Crippen LogP contribution in [0.15, 0.2) is 69.5 Å². The number of fused-ring (bicyclic) bond motifs is 4. The molecule has 2 aliphatic carbocycles. The van der Waals surface area contributed by atoms with Crippen molar-refractivity contribution in [2.75, 3.05) is 36.0 Å². The third-order valence-electron chi connectivity index (χ3n) is 7.68. The van der Waals surface area contributed by atoms with Crippen LogP contribution in [0.2, 0.25) is 0 Å². The molecule has 0 saturated heterocycles. The second-order valence-corrected chi connectivity index (χ2v) is 10.3. The summed E-state index contributed by atoms with van der Waals surface area (Å²) in [7, 11) is 0. The molecule has 13 heteroatoms. The van der Waals surface area contributed by atoms with Crippen LogP contribution in [0.25, 0.3) is 45.1 Å². The van der Waals surface area contributed by atoms with E-state index >= 15 is 0 Å². The zero-order valence-corrected chi connectivity index (χ0v) is 33.6. The number of anilines is 2. The number of aryl methyl sites for hydroxylation is 2. The maximum atomic E-state index is 7.88. The van der Waals surface area contributed by atoms with E-state index in [4.69, 9.17) is 19.7 Å². The molecule has 2 aromatic rings. The Morgan fingerprint density at radius 2 is 0.915 bits per heavy atom. The van der Waals surface area contributed by atoms with Crippen molar-refractivity contribution in [2.24, 2.45) is 0 Å². The number of nitrogens with zero attached hydrogens (tertiary/aromatic N) is 4. The van der Waals surface area contributed by atoms with Crippen LogP contribution in [-0.4, -0.2) is 36.1 Å². The fraction of sp³-hybridized carbons (Fsp3) is 0.294. The molecule has 0 saturated carbocycles. The van der Waals surface area contributed by atoms with Gasteiger partial charge in [-0.05, 0) is 89.1 Å². The molecule has 47 heavy (non-hydrogen) atoms. The van der Waals surface area contributed by atoms with Crippen molar-refractivity contribution in [3.63, 3.8) is 0 Å². The summed E-state index contributed by atoms with van der Waals surface area (Å²) in [4.78, 5) is 13.8. The first-order chi connectivity index (χ1) is 20.2. The predicted octanol–water partition coefficient (Wildman–Crippen LogP) is 1.98. The molecule has 4 aliphatic rings. The van der Waals surface area contributed by atoms with Gasteiger partial charge in [-0.3, -0.25) is 0 Å². The van der Waals surface area contributed by atoms with Gasteiger partial charge in [-0.2, -0.15) is 0 Å². The molecule has 2 heterocycles. The van der Waals surface area contributed by atoms with Crippen LogP contribution in [0.4, 0.5) is 11.4 Å². The minimum atomic E-state index is 0. The van der Waals surface area contributed by atoms with Gasteiger partial charge in [0.05, 0.1) is 10.7 Å². The van der Waals surface area contributed by atoms with Gasteiger partial charge in [0.1, 0.15) is 22.4 Å². The fourth-order valence-electron chi connectivity index (χ4n) is 5.11. The smallest absolute Gasteiger partial charge is 1.00 e. The molecule has 0 radical (unpaired) electrons. The molecule has 0 bridgehead atoms. The largest absolute Gasteiger partial charge is 2.00 e. The summed E-state index contributed by atoms with van der Waals surface area (Å²) in [6, 6.07) is 19.5. The third kappa shape index (κ3) is 9.58. The Balaban J connectivity index is 0.000000814. The maximum Gasteiger partial charge on any atom is 2.00 e. The van der Waals surface area contributed by atoms with E-state index in [9.17, 15) is 0 Å². The molecule has 8 nitrogen and oxygen atoms in total. The van der Waals surface area contributed by atoms with E-state index in [0.717, 1.165) is 82.3 Å². The van der Waals surface area contributed by atoms with E-state index in [0.29, 0.717) is 22.2 Å². The Morgan fingerprint density at radius 1 is 0.574 bits per heavy atom. The number of aromatic nitrogens is 2. The fourth-order valence-corrected chi connectivity index (χ4v) is 5.11. The molecule has 248 valence electrons. The molecule has 0 unspecified atom stereocenters. The minimum absolute atomic E-state index is 0. The third-order valence-corrected chi connectivity index (χ3v) is 7.68. The molecule has 2 N–H and O–H groups in total. The van der Waals surface area contributed by atoms with E-state index in [2.05, 4.69) is 59.6 Å². The average molecular weight is 772 g/mol. The van der Waals surface area contributed by atoms with Gasteiger partial charge in [0.15, 0.2) is 22.7 Å². The minimum Gasteiger partial charge on any atom is -1.00 e. The van der Waals surface area contributed by atoms with E-state index in [1.165, 1.54) is 0 Å². The van der Waals surface area contributed by atoms with Crippen LogP contribution in [0.5, 0.6) is 0 Å². The monoisotopic (exact) mass is 768 g/mol. The predicted molar refractivity (Wildman–Crippen MR) is 184 cm³/mol. The van der Waals surface area contributed by atoms with Crippen molar-refractivity contribution in [2.45, 2.75) is 41.5 Å². The van der Waals surface area contributed by atoms with Gasteiger partial charge in [0.2, 0.25) is 0 Å². The van der Waals surface area contributed by atoms with E-state index in [1.807, 2.05) is 50.2 Å². The molecule has 0 spiro atoms. The van der Waals surface area contributed by atoms with Crippen LogP contribution in [0.1, 0.15) is 38.8 Å². The van der Waals surface area contributed by atoms with Crippen LogP contribution in [0, 0.1) is 24.7 Å². The Morgan fingerprint density at radius 3 is 1.23 bits per heavy atom. The van der Waals surface area contributed by atoms with Crippen molar-refractivity contribution in [3.05, 3.63) is 82.5 Å². The number of benzene rings is 4. The number of halogens is 4. The topological polar surface area (TPSA) is 106 Å². The molecule has 0 aromatic heterocycles. The van der Waals surface area contributed by atoms with Crippen molar-refractivity contribution in [3.8, 4) is 22.9 Å². The van der Waals surface area contributed by atoms with Crippen molar-refractivity contribution < 1.29 is 53.1 Å². The molecule has 2 aromatic carbocycles. The summed E-state index contributed by atoms with van der Waals surface area (Å²) in [5.41, 5.74) is 8.88. The van der Waals surface area contributed by atoms with Crippen LogP contribution < -0.4 is 45.3 Å². The molecular formula is C34H40Cl4N6O2Zn. The Bertz CT molecular complexity index is 1800. The average Bonchev–Trinajstić information content (AvgIpc) is 2.98. The van der Waals surface area contributed by atoms with Crippen molar-refractivity contribution >= 4 is 58.4 Å². The van der Waals surface area contributed by atoms with Gasteiger partial charge < -0.3 is 54.3 Å². The first kappa shape index (κ1) is 44.1. The van der Waals surface area contributed by atoms with E-state index < -0.39 is 0 Å². The van der Waals surface area contributed by atoms with Crippen LogP contribution >= 0.6 is 24.8 Å². The standard InChI is InChI=1S/2C17H19N3O.4ClH.Zn/c2*1-4-20(5-2)12-6-7-14-16(9-12)21-17-10-13(18)11(3)8-15(17)19-14;;;;;/h2*6-10,18H,4-5H2,1-3H3;4*1H;/q;;;;;;+2/p-2. The van der Waals surface area contributed by atoms with Crippen LogP contribution in [-0.2, 0) is 19.5 Å². The van der Waals surface area contributed by atoms with E-state index in [-0.39, 0.29) is 69.1 Å². The Labute approximate surface area is 313 Å². The van der Waals surface area contributed by atoms with Crippen LogP contribution in [0.3, 0.4) is 0 Å². The Hall–Kier alpha value is -2.94. The normalized spacial score (nSPS) is 10.0. The zero-order chi connectivity index (χ0) is 30.0. The molecular weight excluding hydrogens is 732 g/mol. The first-order valence-electron chi connectivity index (χ1n) is 14.5. The number of hydrogen-bond acceptors (Lipinski definition) is 8. The molecule has 0 fully saturated rings. The summed E-state index contributed by atoms with van der Waals surface area (Å²) < 4.78 is 11.9. The Kier molecular flexibility index (Phi) is 18.0. The van der Waals surface area contributed by atoms with Gasteiger partial charge in [-0.15, -0.1) is 24.8 Å². The summed E-state index contributed by atoms with van der Waals surface area (Å²) in [6.07, 6.45) is 0. The second-order valence-electron chi connectivity index (χ2n) is 10.3. The van der Waals surface area contributed by atoms with Gasteiger partial charge in [-0.25, -0.2) is 9.97 Å². The summed E-state index contributed by atoms with van der Waals surface area (Å²) >= 11 is 0. The van der Waals surface area contributed by atoms with E-state index in [1.54, 1.807) is 12.1 Å². The molecule has 0 atom stereocenters. The summed E-state index contributed by atoms with van der Waals surface area (Å²) in [5.74, 6) is 1.32.